The molecule has 4 aromatic rings. The first kappa shape index (κ1) is 26.0. The van der Waals surface area contributed by atoms with Gasteiger partial charge in [-0.1, -0.05) is 72.0 Å². The largest absolute Gasteiger partial charge is 0.378 e. The van der Waals surface area contributed by atoms with Gasteiger partial charge in [0.05, 0.1) is 6.61 Å². The number of amides is 2. The van der Waals surface area contributed by atoms with Crippen LogP contribution in [0.4, 0.5) is 10.8 Å². The molecule has 190 valence electrons. The highest BCUT2D eigenvalue weighted by atomic mass is 32.1. The number of hydrogen-bond donors (Lipinski definition) is 2. The van der Waals surface area contributed by atoms with Crippen molar-refractivity contribution < 1.29 is 14.3 Å². The predicted molar refractivity (Wildman–Crippen MR) is 146 cm³/mol. The topological polar surface area (TPSA) is 96.5 Å². The lowest BCUT2D eigenvalue weighted by molar-refractivity contribution is -0.130. The predicted octanol–water partition coefficient (Wildman–Crippen LogP) is 4.15. The molecule has 0 aliphatic rings. The van der Waals surface area contributed by atoms with Gasteiger partial charge in [0.1, 0.15) is 17.7 Å². The van der Waals surface area contributed by atoms with Crippen molar-refractivity contribution in [1.29, 1.82) is 0 Å². The number of carbonyl (C=O) groups excluding carboxylic acids is 2. The van der Waals surface area contributed by atoms with Crippen LogP contribution in [0.15, 0.2) is 84.9 Å². The fourth-order valence-corrected chi connectivity index (χ4v) is 4.37. The van der Waals surface area contributed by atoms with Gasteiger partial charge in [-0.2, -0.15) is 0 Å². The monoisotopic (exact) mass is 515 g/mol. The van der Waals surface area contributed by atoms with Crippen molar-refractivity contribution in [3.63, 3.8) is 0 Å². The molecule has 37 heavy (non-hydrogen) atoms. The van der Waals surface area contributed by atoms with Gasteiger partial charge in [-0.25, -0.2) is 0 Å². The Hall–Kier alpha value is -4.08. The Labute approximate surface area is 220 Å². The van der Waals surface area contributed by atoms with Gasteiger partial charge in [-0.15, -0.1) is 10.2 Å². The fraction of sp³-hybridized carbons (Fsp3) is 0.214. The number of nitrogens with zero attached hydrogens (tertiary/aromatic N) is 3. The summed E-state index contributed by atoms with van der Waals surface area (Å²) in [5.41, 5.74) is 3.88. The number of anilines is 2. The van der Waals surface area contributed by atoms with Crippen molar-refractivity contribution >= 4 is 34.0 Å². The molecular weight excluding hydrogens is 486 g/mol. The summed E-state index contributed by atoms with van der Waals surface area (Å²) in [7, 11) is 3.96. The third kappa shape index (κ3) is 7.70. The quantitative estimate of drug-likeness (QED) is 0.312. The molecule has 0 bridgehead atoms. The lowest BCUT2D eigenvalue weighted by Gasteiger charge is -2.18. The van der Waals surface area contributed by atoms with Gasteiger partial charge in [-0.05, 0) is 35.4 Å². The Bertz CT molecular complexity index is 1290. The van der Waals surface area contributed by atoms with Gasteiger partial charge in [-0.3, -0.25) is 14.9 Å². The molecule has 3 aromatic carbocycles. The van der Waals surface area contributed by atoms with Crippen molar-refractivity contribution in [1.82, 2.24) is 15.5 Å². The van der Waals surface area contributed by atoms with E-state index in [4.69, 9.17) is 4.74 Å². The van der Waals surface area contributed by atoms with Gasteiger partial charge in [0.15, 0.2) is 0 Å². The van der Waals surface area contributed by atoms with Crippen LogP contribution in [0.1, 0.15) is 11.1 Å². The molecule has 9 heteroatoms. The Kier molecular flexibility index (Phi) is 8.96. The van der Waals surface area contributed by atoms with E-state index >= 15 is 0 Å². The Morgan fingerprint density at radius 2 is 1.54 bits per heavy atom. The maximum atomic E-state index is 13.2. The number of rotatable bonds is 11. The summed E-state index contributed by atoms with van der Waals surface area (Å²) in [6, 6.07) is 26.3. The third-order valence-corrected chi connectivity index (χ3v) is 6.45. The molecule has 0 saturated heterocycles. The number of carbonyl (C=O) groups is 2. The standard InChI is InChI=1S/C28H29N5O3S/c1-33(2)23-15-13-22(14-16-23)27-31-32-28(37-27)30-26(35)24(17-20-9-5-3-6-10-20)29-25(34)19-36-18-21-11-7-4-8-12-21/h3-16,24H,17-19H2,1-2H3,(H,29,34)(H,30,32,35). The Morgan fingerprint density at radius 1 is 0.892 bits per heavy atom. The molecule has 1 heterocycles. The van der Waals surface area contributed by atoms with Crippen molar-refractivity contribution in [2.24, 2.45) is 0 Å². The van der Waals surface area contributed by atoms with E-state index in [-0.39, 0.29) is 18.4 Å². The summed E-state index contributed by atoms with van der Waals surface area (Å²) in [4.78, 5) is 27.8. The summed E-state index contributed by atoms with van der Waals surface area (Å²) in [6.07, 6.45) is 0.328. The minimum absolute atomic E-state index is 0.153. The molecule has 1 atom stereocenters. The van der Waals surface area contributed by atoms with E-state index < -0.39 is 6.04 Å². The second kappa shape index (κ2) is 12.8. The van der Waals surface area contributed by atoms with E-state index in [9.17, 15) is 9.59 Å². The number of hydrogen-bond acceptors (Lipinski definition) is 7. The molecule has 0 radical (unpaired) electrons. The minimum Gasteiger partial charge on any atom is -0.378 e. The molecule has 1 unspecified atom stereocenters. The normalized spacial score (nSPS) is 11.5. The van der Waals surface area contributed by atoms with E-state index in [1.807, 2.05) is 104 Å². The van der Waals surface area contributed by atoms with Crippen LogP contribution in [0.5, 0.6) is 0 Å². The summed E-state index contributed by atoms with van der Waals surface area (Å²) in [6.45, 7) is 0.159. The maximum Gasteiger partial charge on any atom is 0.249 e. The molecule has 0 saturated carbocycles. The first-order valence-electron chi connectivity index (χ1n) is 11.8. The highest BCUT2D eigenvalue weighted by Gasteiger charge is 2.23. The van der Waals surface area contributed by atoms with E-state index in [1.165, 1.54) is 11.3 Å². The SMILES string of the molecule is CN(C)c1ccc(-c2nnc(NC(=O)C(Cc3ccccc3)NC(=O)COCc3ccccc3)s2)cc1. The van der Waals surface area contributed by atoms with Gasteiger partial charge < -0.3 is 15.0 Å². The van der Waals surface area contributed by atoms with Gasteiger partial charge in [0.2, 0.25) is 16.9 Å². The van der Waals surface area contributed by atoms with Crippen molar-refractivity contribution in [2.45, 2.75) is 19.1 Å². The highest BCUT2D eigenvalue weighted by Crippen LogP contribution is 2.28. The molecule has 8 nitrogen and oxygen atoms in total. The van der Waals surface area contributed by atoms with Crippen molar-refractivity contribution in [3.8, 4) is 10.6 Å². The molecule has 2 amide bonds. The number of aromatic nitrogens is 2. The zero-order valence-electron chi connectivity index (χ0n) is 20.8. The van der Waals surface area contributed by atoms with Crippen molar-refractivity contribution in [2.75, 3.05) is 30.9 Å². The molecule has 0 fully saturated rings. The number of benzene rings is 3. The van der Waals surface area contributed by atoms with Crippen LogP contribution in [0.25, 0.3) is 10.6 Å². The second-order valence-electron chi connectivity index (χ2n) is 8.63. The third-order valence-electron chi connectivity index (χ3n) is 5.56. The first-order chi connectivity index (χ1) is 18.0. The Morgan fingerprint density at radius 3 is 2.19 bits per heavy atom. The van der Waals surface area contributed by atoms with Crippen LogP contribution >= 0.6 is 11.3 Å². The average molecular weight is 516 g/mol. The summed E-state index contributed by atoms with van der Waals surface area (Å²) in [5, 5.41) is 15.0. The van der Waals surface area contributed by atoms with E-state index in [2.05, 4.69) is 20.8 Å². The van der Waals surface area contributed by atoms with Gasteiger partial charge in [0, 0.05) is 31.8 Å². The zero-order valence-corrected chi connectivity index (χ0v) is 21.6. The molecule has 2 N–H and O–H groups in total. The van der Waals surface area contributed by atoms with Crippen LogP contribution in [0, 0.1) is 0 Å². The van der Waals surface area contributed by atoms with Crippen LogP contribution in [-0.4, -0.2) is 48.8 Å². The van der Waals surface area contributed by atoms with Gasteiger partial charge >= 0.3 is 0 Å². The molecule has 0 spiro atoms. The van der Waals surface area contributed by atoms with Crippen LogP contribution < -0.4 is 15.5 Å². The van der Waals surface area contributed by atoms with Crippen LogP contribution in [0.2, 0.25) is 0 Å². The summed E-state index contributed by atoms with van der Waals surface area (Å²) >= 11 is 1.28. The average Bonchev–Trinajstić information content (AvgIpc) is 3.38. The van der Waals surface area contributed by atoms with Crippen LogP contribution in [0.3, 0.4) is 0 Å². The highest BCUT2D eigenvalue weighted by molar-refractivity contribution is 7.18. The van der Waals surface area contributed by atoms with E-state index in [1.54, 1.807) is 0 Å². The van der Waals surface area contributed by atoms with Gasteiger partial charge in [0.25, 0.3) is 0 Å². The summed E-state index contributed by atoms with van der Waals surface area (Å²) < 4.78 is 5.54. The summed E-state index contributed by atoms with van der Waals surface area (Å²) in [5.74, 6) is -0.739. The number of ether oxygens (including phenoxy) is 1. The minimum atomic E-state index is -0.804. The smallest absolute Gasteiger partial charge is 0.249 e. The molecule has 4 rings (SSSR count). The Balaban J connectivity index is 1.39. The molecule has 0 aliphatic heterocycles. The molecule has 0 aliphatic carbocycles. The first-order valence-corrected chi connectivity index (χ1v) is 12.7. The lowest BCUT2D eigenvalue weighted by atomic mass is 10.1. The van der Waals surface area contributed by atoms with Crippen LogP contribution in [-0.2, 0) is 27.4 Å². The fourth-order valence-electron chi connectivity index (χ4n) is 3.62. The van der Waals surface area contributed by atoms with E-state index in [0.717, 1.165) is 22.4 Å². The zero-order chi connectivity index (χ0) is 26.0. The molecular formula is C28H29N5O3S. The molecule has 1 aromatic heterocycles. The van der Waals surface area contributed by atoms with Crippen molar-refractivity contribution in [3.05, 3.63) is 96.1 Å². The maximum absolute atomic E-state index is 13.2. The van der Waals surface area contributed by atoms with E-state index in [0.29, 0.717) is 23.2 Å². The lowest BCUT2D eigenvalue weighted by Crippen LogP contribution is -2.46. The second-order valence-corrected chi connectivity index (χ2v) is 9.61. The number of nitrogens with one attached hydrogen (secondary N) is 2.